The third-order valence-electron chi connectivity index (χ3n) is 5.88. The van der Waals surface area contributed by atoms with Crippen LogP contribution in [-0.2, 0) is 9.53 Å². The molecule has 5 atom stereocenters. The van der Waals surface area contributed by atoms with Gasteiger partial charge in [0.15, 0.2) is 17.6 Å². The van der Waals surface area contributed by atoms with Crippen LogP contribution in [0.1, 0.15) is 0 Å². The maximum absolute atomic E-state index is 11.6. The van der Waals surface area contributed by atoms with Crippen LogP contribution in [0.25, 0.3) is 32.5 Å². The van der Waals surface area contributed by atoms with Gasteiger partial charge in [-0.2, -0.15) is 0 Å². The fourth-order valence-corrected chi connectivity index (χ4v) is 5.04. The Labute approximate surface area is 203 Å². The summed E-state index contributed by atoms with van der Waals surface area (Å²) in [6, 6.07) is 18.1. The predicted molar refractivity (Wildman–Crippen MR) is 127 cm³/mol. The highest BCUT2D eigenvalue weighted by Crippen LogP contribution is 2.51. The molecule has 1 aliphatic rings. The van der Waals surface area contributed by atoms with Crippen molar-refractivity contribution in [3.05, 3.63) is 66.2 Å². The molecule has 180 valence electrons. The number of ether oxygens (including phenoxy) is 2. The van der Waals surface area contributed by atoms with Gasteiger partial charge in [-0.3, -0.25) is 0 Å². The molecule has 1 saturated heterocycles. The Bertz CT molecular complexity index is 1360. The summed E-state index contributed by atoms with van der Waals surface area (Å²) in [5.74, 6) is -1.91. The van der Waals surface area contributed by atoms with Crippen LogP contribution in [0, 0.1) is 0 Å². The molecule has 1 aromatic heterocycles. The summed E-state index contributed by atoms with van der Waals surface area (Å²) in [6.07, 6.45) is -9.07. The van der Waals surface area contributed by atoms with Crippen LogP contribution in [0.15, 0.2) is 66.2 Å². The normalized spacial score (nSPS) is 24.4. The number of phenolic OH excluding ortho intramolecular Hbond substituents is 1. The van der Waals surface area contributed by atoms with Crippen LogP contribution >= 0.6 is 11.3 Å². The largest absolute Gasteiger partial charge is 0.504 e. The molecule has 0 spiro atoms. The summed E-state index contributed by atoms with van der Waals surface area (Å²) in [4.78, 5) is 16.1. The quantitative estimate of drug-likeness (QED) is 0.282. The van der Waals surface area contributed by atoms with Gasteiger partial charge in [-0.25, -0.2) is 9.78 Å². The molecule has 3 aromatic carbocycles. The van der Waals surface area contributed by atoms with Crippen molar-refractivity contribution in [2.75, 3.05) is 0 Å². The molecule has 3 unspecified atom stereocenters. The van der Waals surface area contributed by atoms with E-state index in [0.717, 1.165) is 0 Å². The van der Waals surface area contributed by atoms with E-state index < -0.39 is 36.7 Å². The number of aliphatic carboxylic acids is 1. The van der Waals surface area contributed by atoms with Crippen molar-refractivity contribution in [2.45, 2.75) is 30.7 Å². The van der Waals surface area contributed by atoms with Crippen molar-refractivity contribution in [3.8, 4) is 33.8 Å². The number of aromatic nitrogens is 1. The molecule has 2 heterocycles. The van der Waals surface area contributed by atoms with Gasteiger partial charge in [0.1, 0.15) is 18.3 Å². The molecule has 0 amide bonds. The topological polar surface area (TPSA) is 150 Å². The van der Waals surface area contributed by atoms with E-state index in [9.17, 15) is 30.3 Å². The number of carbonyl (C=O) groups is 1. The second kappa shape index (κ2) is 9.25. The molecule has 0 bridgehead atoms. The average molecular weight is 496 g/mol. The van der Waals surface area contributed by atoms with Crippen molar-refractivity contribution in [3.63, 3.8) is 0 Å². The zero-order valence-electron chi connectivity index (χ0n) is 18.1. The van der Waals surface area contributed by atoms with E-state index >= 15 is 0 Å². The van der Waals surface area contributed by atoms with Crippen LogP contribution in [0.5, 0.6) is 11.5 Å². The highest BCUT2D eigenvalue weighted by Gasteiger charge is 2.48. The number of benzene rings is 3. The first-order valence-corrected chi connectivity index (χ1v) is 11.6. The number of hydrogen-bond donors (Lipinski definition) is 5. The van der Waals surface area contributed by atoms with Crippen LogP contribution in [0.3, 0.4) is 0 Å². The summed E-state index contributed by atoms with van der Waals surface area (Å²) < 4.78 is 11.9. The Balaban J connectivity index is 1.72. The zero-order valence-corrected chi connectivity index (χ0v) is 18.9. The van der Waals surface area contributed by atoms with Gasteiger partial charge in [0.25, 0.3) is 0 Å². The van der Waals surface area contributed by atoms with Gasteiger partial charge < -0.3 is 35.0 Å². The van der Waals surface area contributed by atoms with Crippen molar-refractivity contribution >= 4 is 27.5 Å². The molecule has 1 fully saturated rings. The number of rotatable bonds is 5. The van der Waals surface area contributed by atoms with Crippen molar-refractivity contribution < 1.29 is 39.8 Å². The molecule has 35 heavy (non-hydrogen) atoms. The lowest BCUT2D eigenvalue weighted by Crippen LogP contribution is -2.61. The van der Waals surface area contributed by atoms with Crippen molar-refractivity contribution in [1.29, 1.82) is 0 Å². The van der Waals surface area contributed by atoms with E-state index in [2.05, 4.69) is 4.98 Å². The Hall–Kier alpha value is -3.54. The molecule has 0 aliphatic carbocycles. The maximum Gasteiger partial charge on any atom is 0.335 e. The lowest BCUT2D eigenvalue weighted by molar-refractivity contribution is -0.271. The fraction of sp³-hybridized carbons (Fsp3) is 0.200. The molecule has 9 nitrogen and oxygen atoms in total. The molecule has 1 aliphatic heterocycles. The SMILES string of the molecule is O=C(O)C1O[C@H](Oc2c(O)c(-c3ccccc3)c3scnc3c2-c2ccccc2)C(O)[C@@H](O)C1O. The standard InChI is InChI=1S/C25H21NO8S/c27-17-15(13-9-5-2-6-10-13)23-16(26-11-35-23)14(12-7-3-1-4-8-12)21(17)33-25-20(30)18(28)19(29)22(34-25)24(31)32/h1-11,18-20,22,25,27-30H,(H,31,32)/t18-,19?,20?,22?,25-/m0/s1. The average Bonchev–Trinajstić information content (AvgIpc) is 3.34. The smallest absolute Gasteiger partial charge is 0.335 e. The minimum absolute atomic E-state index is 0.106. The number of thiazole rings is 1. The number of aromatic hydroxyl groups is 1. The van der Waals surface area contributed by atoms with Gasteiger partial charge in [-0.15, -0.1) is 11.3 Å². The third kappa shape index (κ3) is 4.01. The summed E-state index contributed by atoms with van der Waals surface area (Å²) in [5, 5.41) is 51.7. The molecule has 4 aromatic rings. The maximum atomic E-state index is 11.6. The molecule has 0 radical (unpaired) electrons. The van der Waals surface area contributed by atoms with E-state index in [-0.39, 0.29) is 11.5 Å². The fourth-order valence-electron chi connectivity index (χ4n) is 4.17. The predicted octanol–water partition coefficient (Wildman–Crippen LogP) is 2.61. The molecule has 5 N–H and O–H groups in total. The lowest BCUT2D eigenvalue weighted by atomic mass is 9.96. The minimum Gasteiger partial charge on any atom is -0.504 e. The highest BCUT2D eigenvalue weighted by molar-refractivity contribution is 7.17. The number of hydrogen-bond acceptors (Lipinski definition) is 9. The summed E-state index contributed by atoms with van der Waals surface area (Å²) in [7, 11) is 0. The van der Waals surface area contributed by atoms with Gasteiger partial charge in [0.2, 0.25) is 6.29 Å². The Morgan fingerprint density at radius 1 is 0.886 bits per heavy atom. The van der Waals surface area contributed by atoms with Gasteiger partial charge in [0.05, 0.1) is 21.3 Å². The van der Waals surface area contributed by atoms with Crippen LogP contribution < -0.4 is 4.74 Å². The highest BCUT2D eigenvalue weighted by atomic mass is 32.1. The Morgan fingerprint density at radius 3 is 2.09 bits per heavy atom. The van der Waals surface area contributed by atoms with E-state index in [0.29, 0.717) is 32.5 Å². The number of nitrogens with zero attached hydrogens (tertiary/aromatic N) is 1. The molecule has 10 heteroatoms. The second-order valence-electron chi connectivity index (χ2n) is 8.04. The first-order valence-electron chi connectivity index (χ1n) is 10.7. The number of aliphatic hydroxyl groups is 3. The number of aliphatic hydroxyl groups excluding tert-OH is 3. The number of carboxylic acids is 1. The number of fused-ring (bicyclic) bond motifs is 1. The number of carboxylic acid groups (broad SMARTS) is 1. The Kier molecular flexibility index (Phi) is 6.13. The van der Waals surface area contributed by atoms with E-state index in [1.54, 1.807) is 29.8 Å². The van der Waals surface area contributed by atoms with Crippen molar-refractivity contribution in [1.82, 2.24) is 4.98 Å². The van der Waals surface area contributed by atoms with Gasteiger partial charge in [0, 0.05) is 5.56 Å². The van der Waals surface area contributed by atoms with Crippen LogP contribution in [0.2, 0.25) is 0 Å². The summed E-state index contributed by atoms with van der Waals surface area (Å²) in [5.41, 5.74) is 4.34. The second-order valence-corrected chi connectivity index (χ2v) is 8.90. The van der Waals surface area contributed by atoms with Crippen molar-refractivity contribution in [2.24, 2.45) is 0 Å². The molecule has 0 saturated carbocycles. The minimum atomic E-state index is -1.87. The van der Waals surface area contributed by atoms with Crippen LogP contribution in [-0.4, -0.2) is 67.2 Å². The lowest BCUT2D eigenvalue weighted by Gasteiger charge is -2.38. The molecule has 5 rings (SSSR count). The summed E-state index contributed by atoms with van der Waals surface area (Å²) >= 11 is 1.33. The Morgan fingerprint density at radius 2 is 1.49 bits per heavy atom. The number of phenols is 1. The first kappa shape index (κ1) is 23.2. The molecular weight excluding hydrogens is 474 g/mol. The van der Waals surface area contributed by atoms with E-state index in [1.165, 1.54) is 11.3 Å². The summed E-state index contributed by atoms with van der Waals surface area (Å²) in [6.45, 7) is 0. The van der Waals surface area contributed by atoms with Crippen LogP contribution in [0.4, 0.5) is 0 Å². The van der Waals surface area contributed by atoms with Gasteiger partial charge in [-0.1, -0.05) is 60.7 Å². The zero-order chi connectivity index (χ0) is 24.7. The molecular formula is C25H21NO8S. The third-order valence-corrected chi connectivity index (χ3v) is 6.73. The first-order chi connectivity index (χ1) is 16.9. The monoisotopic (exact) mass is 495 g/mol. The van der Waals surface area contributed by atoms with Gasteiger partial charge >= 0.3 is 5.97 Å². The van der Waals surface area contributed by atoms with E-state index in [1.807, 2.05) is 36.4 Å². The van der Waals surface area contributed by atoms with Gasteiger partial charge in [-0.05, 0) is 11.1 Å². The van der Waals surface area contributed by atoms with E-state index in [4.69, 9.17) is 9.47 Å².